The highest BCUT2D eigenvalue weighted by Crippen LogP contribution is 2.49. The lowest BCUT2D eigenvalue weighted by Gasteiger charge is -2.19. The fraction of sp³-hybridized carbons (Fsp3) is 0.0385. The zero-order chi connectivity index (χ0) is 35.6. The van der Waals surface area contributed by atoms with E-state index in [0.717, 1.165) is 68.2 Å². The van der Waals surface area contributed by atoms with Gasteiger partial charge in [0.25, 0.3) is 0 Å². The quantitative estimate of drug-likeness (QED) is 0.168. The Morgan fingerprint density at radius 2 is 1.07 bits per heavy atom. The molecular formula is C52H34O2. The third-order valence-corrected chi connectivity index (χ3v) is 11.1. The van der Waals surface area contributed by atoms with Gasteiger partial charge in [-0.2, -0.15) is 0 Å². The SMILES string of the molecule is C1=CC(c2cccc(-c3c4ccccc4c(-c4ccc(-c5ccc6oc(-c7ccccc7)cc6c5)c5oc6ccccc6c45)c4ccccc34)c2)=CCC1. The largest absolute Gasteiger partial charge is 0.456 e. The molecular weight excluding hydrogens is 657 g/mol. The molecule has 0 spiro atoms. The molecule has 1 aliphatic carbocycles. The van der Waals surface area contributed by atoms with Crippen LogP contribution in [0.4, 0.5) is 0 Å². The molecule has 0 amide bonds. The van der Waals surface area contributed by atoms with Gasteiger partial charge in [-0.3, -0.25) is 0 Å². The maximum absolute atomic E-state index is 6.84. The Kier molecular flexibility index (Phi) is 7.03. The standard InChI is InChI=1S/C52H34O2/c1-3-14-33(15-4-1)35-18-13-19-37(30-35)49-40-20-7-9-22-42(40)50(43-23-10-8-21-41(43)49)45-28-27-39(52-51(45)44-24-11-12-25-47(44)54-52)36-26-29-46-38(31-36)32-48(53-46)34-16-5-2-6-17-34/h2-3,5-32H,1,4H2. The van der Waals surface area contributed by atoms with Crippen LogP contribution in [0.1, 0.15) is 18.4 Å². The summed E-state index contributed by atoms with van der Waals surface area (Å²) in [4.78, 5) is 0. The van der Waals surface area contributed by atoms with E-state index in [-0.39, 0.29) is 0 Å². The van der Waals surface area contributed by atoms with Crippen molar-refractivity contribution >= 4 is 60.0 Å². The van der Waals surface area contributed by atoms with Gasteiger partial charge in [-0.05, 0) is 110 Å². The average Bonchev–Trinajstić information content (AvgIpc) is 3.85. The molecule has 0 unspecified atom stereocenters. The van der Waals surface area contributed by atoms with Gasteiger partial charge in [0, 0.05) is 27.3 Å². The van der Waals surface area contributed by atoms with Crippen molar-refractivity contribution in [2.24, 2.45) is 0 Å². The normalized spacial score (nSPS) is 13.1. The average molecular weight is 691 g/mol. The number of fused-ring (bicyclic) bond motifs is 6. The zero-order valence-corrected chi connectivity index (χ0v) is 29.6. The molecule has 10 aromatic rings. The summed E-state index contributed by atoms with van der Waals surface area (Å²) >= 11 is 0. The highest BCUT2D eigenvalue weighted by Gasteiger charge is 2.23. The van der Waals surface area contributed by atoms with Crippen molar-refractivity contribution < 1.29 is 8.83 Å². The minimum atomic E-state index is 0.865. The molecule has 8 aromatic carbocycles. The lowest BCUT2D eigenvalue weighted by molar-refractivity contribution is 0.631. The van der Waals surface area contributed by atoms with Gasteiger partial charge in [0.1, 0.15) is 22.5 Å². The topological polar surface area (TPSA) is 26.3 Å². The Labute approximate surface area is 312 Å². The van der Waals surface area contributed by atoms with Crippen LogP contribution in [0.3, 0.4) is 0 Å². The summed E-state index contributed by atoms with van der Waals surface area (Å²) in [6, 6.07) is 58.7. The van der Waals surface area contributed by atoms with Crippen molar-refractivity contribution in [2.75, 3.05) is 0 Å². The minimum Gasteiger partial charge on any atom is -0.456 e. The number of rotatable bonds is 5. The summed E-state index contributed by atoms with van der Waals surface area (Å²) in [7, 11) is 0. The van der Waals surface area contributed by atoms with Gasteiger partial charge in [0.2, 0.25) is 0 Å². The Balaban J connectivity index is 1.16. The second-order valence-electron chi connectivity index (χ2n) is 14.3. The molecule has 0 radical (unpaired) electrons. The number of para-hydroxylation sites is 1. The van der Waals surface area contributed by atoms with Gasteiger partial charge >= 0.3 is 0 Å². The summed E-state index contributed by atoms with van der Waals surface area (Å²) in [5.74, 6) is 0.865. The predicted octanol–water partition coefficient (Wildman–Crippen LogP) is 15.0. The lowest BCUT2D eigenvalue weighted by atomic mass is 9.84. The molecule has 0 saturated carbocycles. The van der Waals surface area contributed by atoms with Crippen molar-refractivity contribution in [3.63, 3.8) is 0 Å². The van der Waals surface area contributed by atoms with E-state index >= 15 is 0 Å². The minimum absolute atomic E-state index is 0.865. The Hall–Kier alpha value is -6.90. The third kappa shape index (κ3) is 4.88. The maximum Gasteiger partial charge on any atom is 0.143 e. The van der Waals surface area contributed by atoms with Crippen LogP contribution in [0.15, 0.2) is 191 Å². The van der Waals surface area contributed by atoms with Gasteiger partial charge in [0.05, 0.1) is 0 Å². The predicted molar refractivity (Wildman–Crippen MR) is 227 cm³/mol. The molecule has 54 heavy (non-hydrogen) atoms. The lowest BCUT2D eigenvalue weighted by Crippen LogP contribution is -1.93. The van der Waals surface area contributed by atoms with Crippen molar-refractivity contribution in [1.82, 2.24) is 0 Å². The number of allylic oxidation sites excluding steroid dienone is 4. The van der Waals surface area contributed by atoms with E-state index in [4.69, 9.17) is 8.83 Å². The fourth-order valence-electron chi connectivity index (χ4n) is 8.63. The highest BCUT2D eigenvalue weighted by molar-refractivity contribution is 6.26. The number of hydrogen-bond acceptors (Lipinski definition) is 2. The Morgan fingerprint density at radius 1 is 0.407 bits per heavy atom. The van der Waals surface area contributed by atoms with Crippen molar-refractivity contribution in [3.8, 4) is 44.7 Å². The van der Waals surface area contributed by atoms with E-state index < -0.39 is 0 Å². The first-order valence-corrected chi connectivity index (χ1v) is 18.7. The Bertz CT molecular complexity index is 3090. The molecule has 0 saturated heterocycles. The van der Waals surface area contributed by atoms with Gasteiger partial charge in [-0.15, -0.1) is 0 Å². The van der Waals surface area contributed by atoms with Gasteiger partial charge < -0.3 is 8.83 Å². The molecule has 1 aliphatic rings. The first-order valence-electron chi connectivity index (χ1n) is 18.7. The maximum atomic E-state index is 6.84. The molecule has 0 aliphatic heterocycles. The van der Waals surface area contributed by atoms with Gasteiger partial charge in [-0.1, -0.05) is 146 Å². The summed E-state index contributed by atoms with van der Waals surface area (Å²) < 4.78 is 13.1. The number of benzene rings is 8. The first-order chi connectivity index (χ1) is 26.8. The fourth-order valence-corrected chi connectivity index (χ4v) is 8.63. The molecule has 0 atom stereocenters. The smallest absolute Gasteiger partial charge is 0.143 e. The molecule has 0 fully saturated rings. The molecule has 0 bridgehead atoms. The molecule has 254 valence electrons. The van der Waals surface area contributed by atoms with Crippen LogP contribution in [0.2, 0.25) is 0 Å². The summed E-state index contributed by atoms with van der Waals surface area (Å²) in [6.07, 6.45) is 9.10. The van der Waals surface area contributed by atoms with E-state index in [2.05, 4.69) is 164 Å². The van der Waals surface area contributed by atoms with Crippen LogP contribution < -0.4 is 0 Å². The van der Waals surface area contributed by atoms with Crippen LogP contribution in [0.25, 0.3) is 105 Å². The van der Waals surface area contributed by atoms with Crippen LogP contribution in [0, 0.1) is 0 Å². The highest BCUT2D eigenvalue weighted by atomic mass is 16.3. The zero-order valence-electron chi connectivity index (χ0n) is 29.6. The number of hydrogen-bond donors (Lipinski definition) is 0. The van der Waals surface area contributed by atoms with Crippen LogP contribution in [-0.4, -0.2) is 0 Å². The molecule has 0 N–H and O–H groups in total. The summed E-state index contributed by atoms with van der Waals surface area (Å²) in [5, 5.41) is 8.22. The Morgan fingerprint density at radius 3 is 1.83 bits per heavy atom. The number of furan rings is 2. The van der Waals surface area contributed by atoms with E-state index in [9.17, 15) is 0 Å². The monoisotopic (exact) mass is 690 g/mol. The molecule has 2 nitrogen and oxygen atoms in total. The van der Waals surface area contributed by atoms with Crippen LogP contribution in [-0.2, 0) is 0 Å². The third-order valence-electron chi connectivity index (χ3n) is 11.1. The van der Waals surface area contributed by atoms with Gasteiger partial charge in [-0.25, -0.2) is 0 Å². The van der Waals surface area contributed by atoms with E-state index in [1.165, 1.54) is 54.9 Å². The van der Waals surface area contributed by atoms with Gasteiger partial charge in [0.15, 0.2) is 0 Å². The molecule has 11 rings (SSSR count). The molecule has 2 aromatic heterocycles. The second kappa shape index (κ2) is 12.4. The molecule has 2 heteroatoms. The van der Waals surface area contributed by atoms with Crippen LogP contribution in [0.5, 0.6) is 0 Å². The first kappa shape index (κ1) is 30.7. The molecule has 2 heterocycles. The van der Waals surface area contributed by atoms with Crippen LogP contribution >= 0.6 is 0 Å². The second-order valence-corrected chi connectivity index (χ2v) is 14.3. The van der Waals surface area contributed by atoms with E-state index in [0.29, 0.717) is 0 Å². The van der Waals surface area contributed by atoms with E-state index in [1.54, 1.807) is 0 Å². The van der Waals surface area contributed by atoms with Crippen molar-refractivity contribution in [1.29, 1.82) is 0 Å². The van der Waals surface area contributed by atoms with Crippen molar-refractivity contribution in [2.45, 2.75) is 12.8 Å². The summed E-state index contributed by atoms with van der Waals surface area (Å²) in [5.41, 5.74) is 13.3. The summed E-state index contributed by atoms with van der Waals surface area (Å²) in [6.45, 7) is 0. The van der Waals surface area contributed by atoms with Crippen molar-refractivity contribution in [3.05, 3.63) is 188 Å². The van der Waals surface area contributed by atoms with E-state index in [1.807, 2.05) is 18.2 Å².